The van der Waals surface area contributed by atoms with Crippen LogP contribution in [-0.4, -0.2) is 16.3 Å². The van der Waals surface area contributed by atoms with Gasteiger partial charge < -0.3 is 0 Å². The Hall–Kier alpha value is -1.17. The molecule has 1 radical (unpaired) electrons. The van der Waals surface area contributed by atoms with Gasteiger partial charge in [-0.3, -0.25) is 4.74 Å². The Labute approximate surface area is 72.6 Å². The molecule has 0 amide bonds. The number of hydrogen-bond donors (Lipinski definition) is 0. The van der Waals surface area contributed by atoms with Crippen LogP contribution in [0.25, 0.3) is 0 Å². The highest BCUT2D eigenvalue weighted by Crippen LogP contribution is 2.17. The fourth-order valence-corrected chi connectivity index (χ4v) is 0.671. The molecule has 1 rings (SSSR count). The Morgan fingerprint density at radius 3 is 2.77 bits per heavy atom. The number of hydrogen-bond acceptors (Lipinski definition) is 3. The van der Waals surface area contributed by atoms with Gasteiger partial charge in [0, 0.05) is 18.0 Å². The minimum Gasteiger partial charge on any atom is -0.284 e. The summed E-state index contributed by atoms with van der Waals surface area (Å²) in [6.45, 7) is 0.942. The van der Waals surface area contributed by atoms with Crippen molar-refractivity contribution in [1.29, 1.82) is 0 Å². The standard InChI is InChI=1S/C7H6F3N2O/c1-5-2-3-11-6(12-5)4-13-7(8,9)10/h3H,4H2,1H3. The second-order valence-corrected chi connectivity index (χ2v) is 2.25. The van der Waals surface area contributed by atoms with Gasteiger partial charge in [0.2, 0.25) is 0 Å². The summed E-state index contributed by atoms with van der Waals surface area (Å²) < 4.78 is 38.2. The van der Waals surface area contributed by atoms with Crippen LogP contribution in [0.2, 0.25) is 0 Å². The van der Waals surface area contributed by atoms with E-state index in [2.05, 4.69) is 20.8 Å². The first-order valence-electron chi connectivity index (χ1n) is 3.38. The molecule has 1 heterocycles. The maximum absolute atomic E-state index is 11.6. The van der Waals surface area contributed by atoms with Crippen molar-refractivity contribution in [2.75, 3.05) is 0 Å². The molecule has 0 fully saturated rings. The minimum absolute atomic E-state index is 0.00595. The van der Waals surface area contributed by atoms with Gasteiger partial charge in [0.25, 0.3) is 0 Å². The number of nitrogens with zero attached hydrogens (tertiary/aromatic N) is 2. The van der Waals surface area contributed by atoms with Gasteiger partial charge in [0.1, 0.15) is 6.61 Å². The van der Waals surface area contributed by atoms with E-state index >= 15 is 0 Å². The molecule has 0 unspecified atom stereocenters. The Balaban J connectivity index is 2.55. The van der Waals surface area contributed by atoms with Crippen molar-refractivity contribution < 1.29 is 17.9 Å². The number of alkyl halides is 3. The third-order valence-corrected chi connectivity index (χ3v) is 1.15. The Kier molecular flexibility index (Phi) is 2.82. The third kappa shape index (κ3) is 3.84. The average Bonchev–Trinajstić information content (AvgIpc) is 2.00. The van der Waals surface area contributed by atoms with Gasteiger partial charge in [0.05, 0.1) is 0 Å². The van der Waals surface area contributed by atoms with E-state index in [9.17, 15) is 13.2 Å². The molecule has 71 valence electrons. The third-order valence-electron chi connectivity index (χ3n) is 1.15. The van der Waals surface area contributed by atoms with Crippen LogP contribution in [0.3, 0.4) is 0 Å². The van der Waals surface area contributed by atoms with Crippen LogP contribution >= 0.6 is 0 Å². The highest BCUT2D eigenvalue weighted by atomic mass is 19.4. The zero-order valence-corrected chi connectivity index (χ0v) is 6.72. The fraction of sp³-hybridized carbons (Fsp3) is 0.429. The monoisotopic (exact) mass is 191 g/mol. The molecule has 0 aliphatic heterocycles. The Bertz CT molecular complexity index is 287. The first-order chi connectivity index (χ1) is 5.97. The smallest absolute Gasteiger partial charge is 0.284 e. The molecule has 13 heavy (non-hydrogen) atoms. The summed E-state index contributed by atoms with van der Waals surface area (Å²) in [4.78, 5) is 7.24. The SMILES string of the molecule is Cc1[c]cnc(COC(F)(F)F)n1. The van der Waals surface area contributed by atoms with Crippen molar-refractivity contribution in [3.63, 3.8) is 0 Å². The van der Waals surface area contributed by atoms with Crippen LogP contribution in [0.5, 0.6) is 0 Å². The van der Waals surface area contributed by atoms with E-state index in [1.807, 2.05) is 0 Å². The number of aromatic nitrogens is 2. The van der Waals surface area contributed by atoms with Crippen LogP contribution in [0.1, 0.15) is 11.5 Å². The molecule has 1 aromatic heterocycles. The van der Waals surface area contributed by atoms with Gasteiger partial charge in [-0.1, -0.05) is 0 Å². The molecule has 0 saturated carbocycles. The molecule has 6 heteroatoms. The van der Waals surface area contributed by atoms with Crippen LogP contribution in [-0.2, 0) is 11.3 Å². The van der Waals surface area contributed by atoms with E-state index < -0.39 is 13.0 Å². The molecule has 0 bridgehead atoms. The lowest BCUT2D eigenvalue weighted by molar-refractivity contribution is -0.331. The lowest BCUT2D eigenvalue weighted by atomic mass is 10.4. The number of halogens is 3. The summed E-state index contributed by atoms with van der Waals surface area (Å²) >= 11 is 0. The molecule has 0 N–H and O–H groups in total. The zero-order chi connectivity index (χ0) is 9.90. The van der Waals surface area contributed by atoms with Gasteiger partial charge in [-0.05, 0) is 6.92 Å². The highest BCUT2D eigenvalue weighted by molar-refractivity contribution is 4.96. The molecule has 0 atom stereocenters. The normalized spacial score (nSPS) is 11.7. The number of ether oxygens (including phenoxy) is 1. The van der Waals surface area contributed by atoms with Gasteiger partial charge in [-0.15, -0.1) is 13.2 Å². The lowest BCUT2D eigenvalue weighted by Gasteiger charge is -2.05. The molecular weight excluding hydrogens is 185 g/mol. The molecule has 1 aromatic rings. The molecule has 0 spiro atoms. The van der Waals surface area contributed by atoms with Gasteiger partial charge in [0.15, 0.2) is 5.82 Å². The van der Waals surface area contributed by atoms with Gasteiger partial charge in [-0.25, -0.2) is 9.97 Å². The molecule has 3 nitrogen and oxygen atoms in total. The second kappa shape index (κ2) is 3.69. The summed E-state index contributed by atoms with van der Waals surface area (Å²) in [6, 6.07) is 2.61. The average molecular weight is 191 g/mol. The Morgan fingerprint density at radius 1 is 1.54 bits per heavy atom. The van der Waals surface area contributed by atoms with Crippen molar-refractivity contribution >= 4 is 0 Å². The first kappa shape index (κ1) is 9.91. The van der Waals surface area contributed by atoms with Crippen LogP contribution in [0, 0.1) is 13.0 Å². The molecular formula is C7H6F3N2O. The molecule has 0 aliphatic carbocycles. The summed E-state index contributed by atoms with van der Waals surface area (Å²) in [7, 11) is 0. The zero-order valence-electron chi connectivity index (χ0n) is 6.72. The molecule has 0 aromatic carbocycles. The van der Waals surface area contributed by atoms with Crippen molar-refractivity contribution in [3.8, 4) is 0 Å². The Morgan fingerprint density at radius 2 is 2.23 bits per heavy atom. The number of rotatable bonds is 2. The molecule has 0 saturated heterocycles. The van der Waals surface area contributed by atoms with Crippen LogP contribution < -0.4 is 0 Å². The fourth-order valence-electron chi connectivity index (χ4n) is 0.671. The summed E-state index contributed by atoms with van der Waals surface area (Å²) in [5.74, 6) is -0.00595. The topological polar surface area (TPSA) is 35.0 Å². The lowest BCUT2D eigenvalue weighted by Crippen LogP contribution is -2.14. The maximum Gasteiger partial charge on any atom is 0.522 e. The van der Waals surface area contributed by atoms with Crippen molar-refractivity contribution in [2.24, 2.45) is 0 Å². The van der Waals surface area contributed by atoms with Gasteiger partial charge >= 0.3 is 6.36 Å². The van der Waals surface area contributed by atoms with E-state index in [4.69, 9.17) is 0 Å². The maximum atomic E-state index is 11.6. The number of aryl methyl sites for hydroxylation is 1. The van der Waals surface area contributed by atoms with E-state index in [0.29, 0.717) is 5.69 Å². The van der Waals surface area contributed by atoms with E-state index in [1.54, 1.807) is 6.92 Å². The quantitative estimate of drug-likeness (QED) is 0.712. The van der Waals surface area contributed by atoms with Crippen molar-refractivity contribution in [2.45, 2.75) is 19.9 Å². The molecule has 0 aliphatic rings. The predicted octanol–water partition coefficient (Wildman–Crippen LogP) is 1.62. The first-order valence-corrected chi connectivity index (χ1v) is 3.38. The van der Waals surface area contributed by atoms with E-state index in [0.717, 1.165) is 0 Å². The van der Waals surface area contributed by atoms with E-state index in [1.165, 1.54) is 6.20 Å². The summed E-state index contributed by atoms with van der Waals surface area (Å²) in [6.07, 6.45) is -3.38. The van der Waals surface area contributed by atoms with Crippen molar-refractivity contribution in [3.05, 3.63) is 23.8 Å². The summed E-state index contributed by atoms with van der Waals surface area (Å²) in [5.41, 5.74) is 0.482. The van der Waals surface area contributed by atoms with Gasteiger partial charge in [-0.2, -0.15) is 0 Å². The van der Waals surface area contributed by atoms with E-state index in [-0.39, 0.29) is 5.82 Å². The highest BCUT2D eigenvalue weighted by Gasteiger charge is 2.29. The second-order valence-electron chi connectivity index (χ2n) is 2.25. The van der Waals surface area contributed by atoms with Crippen LogP contribution in [0.4, 0.5) is 13.2 Å². The van der Waals surface area contributed by atoms with Crippen molar-refractivity contribution in [1.82, 2.24) is 9.97 Å². The largest absolute Gasteiger partial charge is 0.522 e. The summed E-state index contributed by atoms with van der Waals surface area (Å²) in [5, 5.41) is 0. The predicted molar refractivity (Wildman–Crippen MR) is 36.4 cm³/mol. The van der Waals surface area contributed by atoms with Crippen LogP contribution in [0.15, 0.2) is 6.20 Å². The minimum atomic E-state index is -4.64.